The van der Waals surface area contributed by atoms with Gasteiger partial charge in [0, 0.05) is 19.6 Å². The summed E-state index contributed by atoms with van der Waals surface area (Å²) in [5.41, 5.74) is 1.43. The molecular formula is C19H24ClN3O3S2. The van der Waals surface area contributed by atoms with Gasteiger partial charge in [-0.15, -0.1) is 0 Å². The maximum atomic E-state index is 12.9. The van der Waals surface area contributed by atoms with E-state index in [2.05, 4.69) is 10.7 Å². The number of rotatable bonds is 6. The topological polar surface area (TPSA) is 69.7 Å². The molecule has 1 fully saturated rings. The maximum absolute atomic E-state index is 12.9. The van der Waals surface area contributed by atoms with Gasteiger partial charge in [0.2, 0.25) is 10.0 Å². The van der Waals surface area contributed by atoms with Crippen molar-refractivity contribution in [1.29, 1.82) is 0 Å². The van der Waals surface area contributed by atoms with Gasteiger partial charge in [0.1, 0.15) is 0 Å². The van der Waals surface area contributed by atoms with Crippen molar-refractivity contribution >= 4 is 44.7 Å². The number of likely N-dealkylation sites (tertiary alicyclic amines) is 1. The molecule has 1 atom stereocenters. The minimum absolute atomic E-state index is 0.0348. The third kappa shape index (κ3) is 4.20. The molecule has 1 N–H and O–H groups in total. The van der Waals surface area contributed by atoms with E-state index < -0.39 is 10.0 Å². The molecule has 2 amide bonds. The van der Waals surface area contributed by atoms with Gasteiger partial charge in [-0.05, 0) is 53.4 Å². The predicted octanol–water partition coefficient (Wildman–Crippen LogP) is 4.80. The number of sulfonamides is 1. The Morgan fingerprint density at radius 2 is 2.07 bits per heavy atom. The number of nitrogens with zero attached hydrogens (tertiary/aromatic N) is 2. The summed E-state index contributed by atoms with van der Waals surface area (Å²) in [6.07, 6.45) is 1.84. The van der Waals surface area contributed by atoms with Crippen LogP contribution in [0.15, 0.2) is 39.9 Å². The molecule has 3 rings (SSSR count). The molecule has 6 nitrogen and oxygen atoms in total. The molecule has 2 aromatic rings. The number of amides is 2. The number of hydrogen-bond acceptors (Lipinski definition) is 4. The number of hydrogen-bond donors (Lipinski definition) is 1. The van der Waals surface area contributed by atoms with E-state index in [1.54, 1.807) is 30.1 Å². The first kappa shape index (κ1) is 21.1. The van der Waals surface area contributed by atoms with Crippen LogP contribution in [0.5, 0.6) is 0 Å². The number of nitrogens with one attached hydrogen (secondary N) is 1. The zero-order valence-electron chi connectivity index (χ0n) is 15.9. The molecule has 2 heterocycles. The van der Waals surface area contributed by atoms with Crippen LogP contribution in [-0.4, -0.2) is 43.3 Å². The molecule has 0 bridgehead atoms. The quantitative estimate of drug-likeness (QED) is 0.699. The van der Waals surface area contributed by atoms with Crippen molar-refractivity contribution in [2.75, 3.05) is 25.0 Å². The van der Waals surface area contributed by atoms with E-state index in [1.165, 1.54) is 22.5 Å². The molecule has 0 spiro atoms. The number of carbonyl (C=O) groups excluding carboxylic acids is 1. The van der Waals surface area contributed by atoms with Gasteiger partial charge >= 0.3 is 6.03 Å². The highest BCUT2D eigenvalue weighted by Gasteiger charge is 2.31. The van der Waals surface area contributed by atoms with Crippen molar-refractivity contribution in [1.82, 2.24) is 9.21 Å². The summed E-state index contributed by atoms with van der Waals surface area (Å²) < 4.78 is 26.9. The average molecular weight is 442 g/mol. The number of carbonyl (C=O) groups is 1. The number of thiophene rings is 1. The van der Waals surface area contributed by atoms with E-state index in [1.807, 2.05) is 11.4 Å². The van der Waals surface area contributed by atoms with E-state index in [4.69, 9.17) is 11.6 Å². The Morgan fingerprint density at radius 3 is 2.71 bits per heavy atom. The highest BCUT2D eigenvalue weighted by atomic mass is 35.5. The van der Waals surface area contributed by atoms with E-state index in [-0.39, 0.29) is 17.0 Å². The van der Waals surface area contributed by atoms with Crippen LogP contribution in [0.4, 0.5) is 10.5 Å². The molecule has 1 unspecified atom stereocenters. The molecule has 9 heteroatoms. The highest BCUT2D eigenvalue weighted by Crippen LogP contribution is 2.34. The number of halogens is 1. The van der Waals surface area contributed by atoms with Gasteiger partial charge in [0.15, 0.2) is 0 Å². The summed E-state index contributed by atoms with van der Waals surface area (Å²) in [6.45, 7) is 4.98. The van der Waals surface area contributed by atoms with Crippen LogP contribution >= 0.6 is 22.9 Å². The molecule has 1 aromatic carbocycles. The van der Waals surface area contributed by atoms with Gasteiger partial charge in [0.25, 0.3) is 0 Å². The van der Waals surface area contributed by atoms with E-state index in [9.17, 15) is 13.2 Å². The zero-order chi connectivity index (χ0) is 20.3. The minimum atomic E-state index is -3.63. The lowest BCUT2D eigenvalue weighted by atomic mass is 10.1. The highest BCUT2D eigenvalue weighted by molar-refractivity contribution is 7.89. The molecule has 0 aliphatic carbocycles. The fourth-order valence-corrected chi connectivity index (χ4v) is 5.84. The van der Waals surface area contributed by atoms with Gasteiger partial charge in [-0.1, -0.05) is 25.4 Å². The first-order chi connectivity index (χ1) is 13.4. The fraction of sp³-hybridized carbons (Fsp3) is 0.421. The second-order valence-corrected chi connectivity index (χ2v) is 9.69. The summed E-state index contributed by atoms with van der Waals surface area (Å²) in [6, 6.07) is 6.21. The second kappa shape index (κ2) is 8.82. The Morgan fingerprint density at radius 1 is 1.32 bits per heavy atom. The standard InChI is InChI=1S/C19H24ClN3O3S2/c1-3-22(4-2)28(25,26)15-7-8-16(20)17(12-15)21-19(24)23-10-5-6-18(23)14-9-11-27-13-14/h7-9,11-13,18H,3-6,10H2,1-2H3,(H,21,24). The summed E-state index contributed by atoms with van der Waals surface area (Å²) in [5.74, 6) is 0. The van der Waals surface area contributed by atoms with Crippen molar-refractivity contribution < 1.29 is 13.2 Å². The van der Waals surface area contributed by atoms with Crippen LogP contribution in [-0.2, 0) is 10.0 Å². The molecule has 0 saturated carbocycles. The zero-order valence-corrected chi connectivity index (χ0v) is 18.3. The lowest BCUT2D eigenvalue weighted by Gasteiger charge is -2.25. The monoisotopic (exact) mass is 441 g/mol. The fourth-order valence-electron chi connectivity index (χ4n) is 3.48. The predicted molar refractivity (Wildman–Crippen MR) is 114 cm³/mol. The van der Waals surface area contributed by atoms with Crippen molar-refractivity contribution in [3.8, 4) is 0 Å². The van der Waals surface area contributed by atoms with Gasteiger partial charge in [-0.25, -0.2) is 13.2 Å². The Labute approximate surface area is 175 Å². The molecule has 0 radical (unpaired) electrons. The Balaban J connectivity index is 1.83. The maximum Gasteiger partial charge on any atom is 0.322 e. The molecular weight excluding hydrogens is 418 g/mol. The summed E-state index contributed by atoms with van der Waals surface area (Å²) in [5, 5.41) is 7.17. The minimum Gasteiger partial charge on any atom is -0.317 e. The SMILES string of the molecule is CCN(CC)S(=O)(=O)c1ccc(Cl)c(NC(=O)N2CCCC2c2ccsc2)c1. The lowest BCUT2D eigenvalue weighted by Crippen LogP contribution is -2.34. The molecule has 1 aliphatic rings. The second-order valence-electron chi connectivity index (χ2n) is 6.57. The summed E-state index contributed by atoms with van der Waals surface area (Å²) in [7, 11) is -3.63. The van der Waals surface area contributed by atoms with Crippen molar-refractivity contribution in [2.45, 2.75) is 37.6 Å². The first-order valence-corrected chi connectivity index (χ1v) is 12.0. The van der Waals surface area contributed by atoms with Crippen LogP contribution in [0.3, 0.4) is 0 Å². The van der Waals surface area contributed by atoms with Crippen LogP contribution in [0.25, 0.3) is 0 Å². The van der Waals surface area contributed by atoms with Gasteiger partial charge in [-0.3, -0.25) is 0 Å². The molecule has 1 aromatic heterocycles. The van der Waals surface area contributed by atoms with Gasteiger partial charge < -0.3 is 10.2 Å². The lowest BCUT2D eigenvalue weighted by molar-refractivity contribution is 0.207. The van der Waals surface area contributed by atoms with E-state index in [0.717, 1.165) is 18.4 Å². The number of benzene rings is 1. The largest absolute Gasteiger partial charge is 0.322 e. The van der Waals surface area contributed by atoms with Gasteiger partial charge in [0.05, 0.1) is 21.6 Å². The first-order valence-electron chi connectivity index (χ1n) is 9.27. The van der Waals surface area contributed by atoms with E-state index in [0.29, 0.717) is 30.3 Å². The number of urea groups is 1. The van der Waals surface area contributed by atoms with Crippen LogP contribution in [0.2, 0.25) is 5.02 Å². The molecule has 152 valence electrons. The average Bonchev–Trinajstić information content (AvgIpc) is 3.35. The molecule has 1 saturated heterocycles. The molecule has 28 heavy (non-hydrogen) atoms. The van der Waals surface area contributed by atoms with Crippen molar-refractivity contribution in [3.05, 3.63) is 45.6 Å². The molecule has 1 aliphatic heterocycles. The number of anilines is 1. The van der Waals surface area contributed by atoms with Crippen LogP contribution in [0.1, 0.15) is 38.3 Å². The summed E-state index contributed by atoms with van der Waals surface area (Å²) in [4.78, 5) is 14.8. The smallest absolute Gasteiger partial charge is 0.317 e. The third-order valence-corrected chi connectivity index (χ3v) is 8.04. The van der Waals surface area contributed by atoms with Crippen molar-refractivity contribution in [3.63, 3.8) is 0 Å². The van der Waals surface area contributed by atoms with Crippen LogP contribution < -0.4 is 5.32 Å². The van der Waals surface area contributed by atoms with Gasteiger partial charge in [-0.2, -0.15) is 15.6 Å². The normalized spacial score (nSPS) is 17.3. The van der Waals surface area contributed by atoms with Crippen molar-refractivity contribution in [2.24, 2.45) is 0 Å². The Bertz CT molecular complexity index is 928. The Kier molecular flexibility index (Phi) is 6.65. The summed E-state index contributed by atoms with van der Waals surface area (Å²) >= 11 is 7.85. The third-order valence-electron chi connectivity index (χ3n) is 4.96. The van der Waals surface area contributed by atoms with Crippen LogP contribution in [0, 0.1) is 0 Å². The Hall–Kier alpha value is -1.61. The van der Waals surface area contributed by atoms with E-state index >= 15 is 0 Å².